The van der Waals surface area contributed by atoms with Crippen molar-refractivity contribution < 1.29 is 14.3 Å². The van der Waals surface area contributed by atoms with E-state index in [1.807, 2.05) is 61.5 Å². The fourth-order valence-electron chi connectivity index (χ4n) is 2.58. The van der Waals surface area contributed by atoms with Gasteiger partial charge in [0.25, 0.3) is 0 Å². The number of aryl methyl sites for hydroxylation is 1. The first kappa shape index (κ1) is 18.1. The summed E-state index contributed by atoms with van der Waals surface area (Å²) in [6, 6.07) is 21.8. The second-order valence-corrected chi connectivity index (χ2v) is 7.35. The van der Waals surface area contributed by atoms with Crippen LogP contribution < -0.4 is 0 Å². The summed E-state index contributed by atoms with van der Waals surface area (Å²) in [6.07, 6.45) is 0.295. The van der Waals surface area contributed by atoms with Gasteiger partial charge in [-0.1, -0.05) is 54.6 Å². The average molecular weight is 364 g/mol. The van der Waals surface area contributed by atoms with Crippen molar-refractivity contribution in [2.24, 2.45) is 0 Å². The summed E-state index contributed by atoms with van der Waals surface area (Å²) in [5.74, 6) is -0.356. The van der Waals surface area contributed by atoms with Crippen molar-refractivity contribution in [3.05, 3.63) is 82.0 Å². The standard InChI is InChI=1S/C22H20O3S/c1-16-7-13-21(26-16)20(23)12-14-22(24)25-15-17-8-10-19(11-9-17)18-5-3-2-4-6-18/h2-11,13H,12,14-15H2,1H3. The Kier molecular flexibility index (Phi) is 5.97. The number of ether oxygens (including phenoxy) is 1. The molecule has 0 aliphatic rings. The molecule has 0 N–H and O–H groups in total. The number of ketones is 1. The van der Waals surface area contributed by atoms with Crippen LogP contribution in [-0.4, -0.2) is 11.8 Å². The van der Waals surface area contributed by atoms with Crippen molar-refractivity contribution >= 4 is 23.1 Å². The van der Waals surface area contributed by atoms with Gasteiger partial charge in [-0.2, -0.15) is 0 Å². The summed E-state index contributed by atoms with van der Waals surface area (Å²) in [5, 5.41) is 0. The molecule has 1 heterocycles. The number of rotatable bonds is 7. The van der Waals surface area contributed by atoms with Gasteiger partial charge in [-0.15, -0.1) is 11.3 Å². The van der Waals surface area contributed by atoms with E-state index in [0.717, 1.165) is 21.6 Å². The highest BCUT2D eigenvalue weighted by molar-refractivity contribution is 7.14. The maximum absolute atomic E-state index is 12.0. The molecule has 0 unspecified atom stereocenters. The van der Waals surface area contributed by atoms with Gasteiger partial charge < -0.3 is 4.74 Å². The molecule has 0 bridgehead atoms. The molecule has 0 radical (unpaired) electrons. The lowest BCUT2D eigenvalue weighted by Crippen LogP contribution is -2.07. The lowest BCUT2D eigenvalue weighted by Gasteiger charge is -2.06. The van der Waals surface area contributed by atoms with E-state index >= 15 is 0 Å². The monoisotopic (exact) mass is 364 g/mol. The third-order valence-corrected chi connectivity index (χ3v) is 5.07. The first-order chi connectivity index (χ1) is 12.6. The average Bonchev–Trinajstić information content (AvgIpc) is 3.12. The lowest BCUT2D eigenvalue weighted by atomic mass is 10.0. The van der Waals surface area contributed by atoms with E-state index in [9.17, 15) is 9.59 Å². The van der Waals surface area contributed by atoms with E-state index in [-0.39, 0.29) is 31.2 Å². The van der Waals surface area contributed by atoms with Crippen molar-refractivity contribution in [2.45, 2.75) is 26.4 Å². The molecule has 26 heavy (non-hydrogen) atoms. The zero-order valence-electron chi connectivity index (χ0n) is 14.6. The molecule has 0 spiro atoms. The SMILES string of the molecule is Cc1ccc(C(=O)CCC(=O)OCc2ccc(-c3ccccc3)cc2)s1. The molecule has 3 nitrogen and oxygen atoms in total. The second-order valence-electron chi connectivity index (χ2n) is 6.06. The van der Waals surface area contributed by atoms with Gasteiger partial charge in [0.2, 0.25) is 0 Å². The Labute approximate surface area is 157 Å². The van der Waals surface area contributed by atoms with E-state index in [1.54, 1.807) is 0 Å². The minimum absolute atomic E-state index is 0.00716. The quantitative estimate of drug-likeness (QED) is 0.415. The molecule has 0 aliphatic heterocycles. The van der Waals surface area contributed by atoms with Crippen LogP contribution in [-0.2, 0) is 16.1 Å². The van der Waals surface area contributed by atoms with E-state index in [2.05, 4.69) is 12.1 Å². The summed E-state index contributed by atoms with van der Waals surface area (Å²) >= 11 is 1.46. The Hall–Kier alpha value is -2.72. The van der Waals surface area contributed by atoms with Crippen LogP contribution in [0, 0.1) is 6.92 Å². The van der Waals surface area contributed by atoms with Crippen molar-refractivity contribution in [3.8, 4) is 11.1 Å². The maximum atomic E-state index is 12.0. The number of thiophene rings is 1. The summed E-state index contributed by atoms with van der Waals surface area (Å²) in [4.78, 5) is 25.7. The Morgan fingerprint density at radius 1 is 0.846 bits per heavy atom. The highest BCUT2D eigenvalue weighted by Crippen LogP contribution is 2.20. The smallest absolute Gasteiger partial charge is 0.306 e. The summed E-state index contributed by atoms with van der Waals surface area (Å²) in [7, 11) is 0. The predicted molar refractivity (Wildman–Crippen MR) is 104 cm³/mol. The first-order valence-electron chi connectivity index (χ1n) is 8.51. The summed E-state index contributed by atoms with van der Waals surface area (Å²) in [6.45, 7) is 2.18. The van der Waals surface area contributed by atoms with Crippen LogP contribution in [0.25, 0.3) is 11.1 Å². The van der Waals surface area contributed by atoms with E-state index in [0.29, 0.717) is 4.88 Å². The van der Waals surface area contributed by atoms with Crippen molar-refractivity contribution in [1.29, 1.82) is 0 Å². The Morgan fingerprint density at radius 3 is 2.19 bits per heavy atom. The van der Waals surface area contributed by atoms with Crippen LogP contribution in [0.15, 0.2) is 66.7 Å². The molecule has 3 rings (SSSR count). The van der Waals surface area contributed by atoms with Crippen molar-refractivity contribution in [2.75, 3.05) is 0 Å². The third kappa shape index (κ3) is 4.90. The molecule has 3 aromatic rings. The molecular weight excluding hydrogens is 344 g/mol. The predicted octanol–water partition coefficient (Wildman–Crippen LogP) is 5.43. The minimum Gasteiger partial charge on any atom is -0.461 e. The second kappa shape index (κ2) is 8.59. The fraction of sp³-hybridized carbons (Fsp3) is 0.182. The highest BCUT2D eigenvalue weighted by Gasteiger charge is 2.12. The van der Waals surface area contributed by atoms with Crippen LogP contribution >= 0.6 is 11.3 Å². The third-order valence-electron chi connectivity index (χ3n) is 4.03. The van der Waals surface area contributed by atoms with Crippen LogP contribution in [0.4, 0.5) is 0 Å². The molecule has 0 saturated heterocycles. The normalized spacial score (nSPS) is 10.5. The Morgan fingerprint density at radius 2 is 1.54 bits per heavy atom. The number of carbonyl (C=O) groups excluding carboxylic acids is 2. The van der Waals surface area contributed by atoms with Gasteiger partial charge >= 0.3 is 5.97 Å². The number of benzene rings is 2. The lowest BCUT2D eigenvalue weighted by molar-refractivity contribution is -0.144. The van der Waals surface area contributed by atoms with E-state index in [1.165, 1.54) is 11.3 Å². The van der Waals surface area contributed by atoms with Crippen molar-refractivity contribution in [3.63, 3.8) is 0 Å². The number of hydrogen-bond acceptors (Lipinski definition) is 4. The zero-order chi connectivity index (χ0) is 18.4. The number of hydrogen-bond donors (Lipinski definition) is 0. The molecule has 0 atom stereocenters. The van der Waals surface area contributed by atoms with Gasteiger partial charge in [0.05, 0.1) is 11.3 Å². The number of Topliss-reactive ketones (excluding diaryl/α,β-unsaturated/α-hetero) is 1. The van der Waals surface area contributed by atoms with Crippen molar-refractivity contribution in [1.82, 2.24) is 0 Å². The molecular formula is C22H20O3S. The van der Waals surface area contributed by atoms with Gasteiger partial charge in [-0.25, -0.2) is 0 Å². The first-order valence-corrected chi connectivity index (χ1v) is 9.33. The van der Waals surface area contributed by atoms with Crippen LogP contribution in [0.2, 0.25) is 0 Å². The van der Waals surface area contributed by atoms with Gasteiger partial charge in [0.1, 0.15) is 6.61 Å². The molecule has 132 valence electrons. The van der Waals surface area contributed by atoms with Gasteiger partial charge in [-0.05, 0) is 35.7 Å². The zero-order valence-corrected chi connectivity index (χ0v) is 15.4. The minimum atomic E-state index is -0.348. The van der Waals surface area contributed by atoms with E-state index < -0.39 is 0 Å². The molecule has 1 aromatic heterocycles. The fourth-order valence-corrected chi connectivity index (χ4v) is 3.42. The number of esters is 1. The van der Waals surface area contributed by atoms with Gasteiger partial charge in [0, 0.05) is 11.3 Å². The van der Waals surface area contributed by atoms with Crippen LogP contribution in [0.5, 0.6) is 0 Å². The molecule has 0 saturated carbocycles. The van der Waals surface area contributed by atoms with Gasteiger partial charge in [-0.3, -0.25) is 9.59 Å². The maximum Gasteiger partial charge on any atom is 0.306 e. The van der Waals surface area contributed by atoms with Gasteiger partial charge in [0.15, 0.2) is 5.78 Å². The molecule has 0 amide bonds. The molecule has 0 fully saturated rings. The Balaban J connectivity index is 1.46. The topological polar surface area (TPSA) is 43.4 Å². The summed E-state index contributed by atoms with van der Waals surface area (Å²) < 4.78 is 5.28. The highest BCUT2D eigenvalue weighted by atomic mass is 32.1. The van der Waals surface area contributed by atoms with E-state index in [4.69, 9.17) is 4.74 Å². The molecule has 2 aromatic carbocycles. The number of carbonyl (C=O) groups is 2. The molecule has 0 aliphatic carbocycles. The Bertz CT molecular complexity index is 879. The summed E-state index contributed by atoms with van der Waals surface area (Å²) in [5.41, 5.74) is 3.20. The van der Waals surface area contributed by atoms with Crippen LogP contribution in [0.3, 0.4) is 0 Å². The largest absolute Gasteiger partial charge is 0.461 e. The molecule has 4 heteroatoms. The van der Waals surface area contributed by atoms with Crippen LogP contribution in [0.1, 0.15) is 33.0 Å².